The van der Waals surface area contributed by atoms with Crippen LogP contribution in [0.4, 0.5) is 4.79 Å². The highest BCUT2D eigenvalue weighted by molar-refractivity contribution is 5.68. The number of hydrogen-bond donors (Lipinski definition) is 0. The molecule has 2 rings (SSSR count). The monoisotopic (exact) mass is 299 g/mol. The number of carbonyl (C=O) groups is 1. The molecule has 0 N–H and O–H groups in total. The molecule has 122 valence electrons. The van der Waals surface area contributed by atoms with Gasteiger partial charge in [-0.2, -0.15) is 0 Å². The highest BCUT2D eigenvalue weighted by atomic mass is 16.6. The first-order chi connectivity index (χ1) is 9.77. The molecule has 0 saturated carbocycles. The summed E-state index contributed by atoms with van der Waals surface area (Å²) < 4.78 is 17.1. The summed E-state index contributed by atoms with van der Waals surface area (Å²) in [6.45, 7) is 10.6. The smallest absolute Gasteiger partial charge is 0.410 e. The van der Waals surface area contributed by atoms with Gasteiger partial charge < -0.3 is 19.1 Å². The molecule has 0 aromatic rings. The third-order valence-electron chi connectivity index (χ3n) is 3.95. The first-order valence-electron chi connectivity index (χ1n) is 8.01. The number of rotatable bonds is 3. The Hall–Kier alpha value is -0.810. The van der Waals surface area contributed by atoms with Gasteiger partial charge in [-0.25, -0.2) is 4.79 Å². The van der Waals surface area contributed by atoms with Gasteiger partial charge in [-0.05, 0) is 53.4 Å². The van der Waals surface area contributed by atoms with E-state index in [2.05, 4.69) is 6.92 Å². The molecule has 2 aliphatic rings. The molecule has 2 atom stereocenters. The van der Waals surface area contributed by atoms with Gasteiger partial charge in [-0.15, -0.1) is 0 Å². The number of hydrogen-bond acceptors (Lipinski definition) is 4. The third kappa shape index (κ3) is 5.15. The molecule has 0 aliphatic carbocycles. The van der Waals surface area contributed by atoms with Crippen LogP contribution in [0.5, 0.6) is 0 Å². The van der Waals surface area contributed by atoms with Crippen molar-refractivity contribution >= 4 is 6.09 Å². The second kappa shape index (κ2) is 6.53. The lowest BCUT2D eigenvalue weighted by atomic mass is 9.95. The van der Waals surface area contributed by atoms with Crippen LogP contribution in [0, 0.1) is 0 Å². The third-order valence-corrected chi connectivity index (χ3v) is 3.95. The molecule has 1 amide bonds. The normalized spacial score (nSPS) is 30.5. The van der Waals surface area contributed by atoms with E-state index in [1.165, 1.54) is 0 Å². The Balaban J connectivity index is 1.84. The van der Waals surface area contributed by atoms with E-state index < -0.39 is 5.60 Å². The first-order valence-corrected chi connectivity index (χ1v) is 8.01. The summed E-state index contributed by atoms with van der Waals surface area (Å²) in [7, 11) is 0. The van der Waals surface area contributed by atoms with Crippen LogP contribution in [0.2, 0.25) is 0 Å². The van der Waals surface area contributed by atoms with Crippen molar-refractivity contribution in [3.05, 3.63) is 0 Å². The van der Waals surface area contributed by atoms with E-state index >= 15 is 0 Å². The van der Waals surface area contributed by atoms with Crippen molar-refractivity contribution in [3.63, 3.8) is 0 Å². The second-order valence-electron chi connectivity index (χ2n) is 7.40. The predicted octanol–water partition coefficient (Wildman–Crippen LogP) is 2.97. The number of nitrogens with zero attached hydrogens (tertiary/aromatic N) is 1. The van der Waals surface area contributed by atoms with Crippen LogP contribution in [-0.2, 0) is 14.2 Å². The van der Waals surface area contributed by atoms with Crippen molar-refractivity contribution in [2.24, 2.45) is 0 Å². The molecule has 2 aliphatic heterocycles. The van der Waals surface area contributed by atoms with Gasteiger partial charge in [0.1, 0.15) is 5.60 Å². The Labute approximate surface area is 127 Å². The predicted molar refractivity (Wildman–Crippen MR) is 80.4 cm³/mol. The maximum Gasteiger partial charge on any atom is 0.410 e. The highest BCUT2D eigenvalue weighted by Crippen LogP contribution is 2.27. The number of ether oxygens (including phenoxy) is 3. The van der Waals surface area contributed by atoms with Crippen LogP contribution in [0.3, 0.4) is 0 Å². The molecule has 0 bridgehead atoms. The molecule has 2 unspecified atom stereocenters. The quantitative estimate of drug-likeness (QED) is 0.804. The maximum absolute atomic E-state index is 12.2. The standard InChI is InChI=1S/C16H29NO4/c1-15(2,3)21-14(18)17-9-6-8-16(4,12-17)20-11-13-7-5-10-19-13/h13H,5-12H2,1-4H3. The SMILES string of the molecule is CC(C)(C)OC(=O)N1CCCC(C)(OCC2CCCO2)C1. The molecule has 5 heteroatoms. The summed E-state index contributed by atoms with van der Waals surface area (Å²) in [6.07, 6.45) is 4.09. The summed E-state index contributed by atoms with van der Waals surface area (Å²) in [5, 5.41) is 0. The molecule has 0 aromatic carbocycles. The van der Waals surface area contributed by atoms with Crippen LogP contribution < -0.4 is 0 Å². The average Bonchev–Trinajstić information content (AvgIpc) is 2.88. The Morgan fingerprint density at radius 2 is 2.14 bits per heavy atom. The van der Waals surface area contributed by atoms with Crippen molar-refractivity contribution in [2.45, 2.75) is 70.7 Å². The van der Waals surface area contributed by atoms with Crippen LogP contribution in [0.15, 0.2) is 0 Å². The fourth-order valence-electron chi connectivity index (χ4n) is 2.88. The summed E-state index contributed by atoms with van der Waals surface area (Å²) in [4.78, 5) is 14.0. The van der Waals surface area contributed by atoms with Gasteiger partial charge in [0.15, 0.2) is 0 Å². The first kappa shape index (κ1) is 16.6. The zero-order valence-electron chi connectivity index (χ0n) is 13.8. The average molecular weight is 299 g/mol. The number of piperidine rings is 1. The molecular weight excluding hydrogens is 270 g/mol. The van der Waals surface area contributed by atoms with E-state index in [1.54, 1.807) is 4.90 Å². The lowest BCUT2D eigenvalue weighted by Crippen LogP contribution is -2.51. The Morgan fingerprint density at radius 1 is 1.38 bits per heavy atom. The Bertz CT molecular complexity index is 360. The van der Waals surface area contributed by atoms with Crippen molar-refractivity contribution < 1.29 is 19.0 Å². The zero-order chi connectivity index (χ0) is 15.5. The van der Waals surface area contributed by atoms with E-state index in [0.717, 1.165) is 38.8 Å². The van der Waals surface area contributed by atoms with Gasteiger partial charge in [-0.1, -0.05) is 0 Å². The summed E-state index contributed by atoms with van der Waals surface area (Å²) >= 11 is 0. The van der Waals surface area contributed by atoms with Crippen LogP contribution in [0.25, 0.3) is 0 Å². The van der Waals surface area contributed by atoms with Crippen LogP contribution >= 0.6 is 0 Å². The van der Waals surface area contributed by atoms with Gasteiger partial charge in [0.25, 0.3) is 0 Å². The number of likely N-dealkylation sites (tertiary alicyclic amines) is 1. The number of amides is 1. The molecule has 0 aromatic heterocycles. The molecule has 2 heterocycles. The summed E-state index contributed by atoms with van der Waals surface area (Å²) in [5.41, 5.74) is -0.745. The molecule has 2 fully saturated rings. The molecule has 2 saturated heterocycles. The van der Waals surface area contributed by atoms with Gasteiger partial charge in [0.2, 0.25) is 0 Å². The Kier molecular flexibility index (Phi) is 5.15. The maximum atomic E-state index is 12.2. The van der Waals surface area contributed by atoms with Gasteiger partial charge in [0.05, 0.1) is 24.9 Å². The fourth-order valence-corrected chi connectivity index (χ4v) is 2.88. The largest absolute Gasteiger partial charge is 0.444 e. The molecule has 21 heavy (non-hydrogen) atoms. The minimum atomic E-state index is -0.455. The topological polar surface area (TPSA) is 48.0 Å². The summed E-state index contributed by atoms with van der Waals surface area (Å²) in [5.74, 6) is 0. The van der Waals surface area contributed by atoms with Gasteiger partial charge >= 0.3 is 6.09 Å². The van der Waals surface area contributed by atoms with Crippen molar-refractivity contribution in [1.29, 1.82) is 0 Å². The number of carbonyl (C=O) groups excluding carboxylic acids is 1. The molecule has 0 spiro atoms. The van der Waals surface area contributed by atoms with E-state index in [1.807, 2.05) is 20.8 Å². The fraction of sp³-hybridized carbons (Fsp3) is 0.938. The van der Waals surface area contributed by atoms with E-state index in [0.29, 0.717) is 13.2 Å². The van der Waals surface area contributed by atoms with Crippen molar-refractivity contribution in [1.82, 2.24) is 4.90 Å². The molecular formula is C16H29NO4. The second-order valence-corrected chi connectivity index (χ2v) is 7.40. The van der Waals surface area contributed by atoms with Crippen LogP contribution in [0.1, 0.15) is 53.4 Å². The van der Waals surface area contributed by atoms with E-state index in [4.69, 9.17) is 14.2 Å². The van der Waals surface area contributed by atoms with E-state index in [9.17, 15) is 4.79 Å². The van der Waals surface area contributed by atoms with Crippen molar-refractivity contribution in [3.8, 4) is 0 Å². The minimum Gasteiger partial charge on any atom is -0.444 e. The minimum absolute atomic E-state index is 0.221. The zero-order valence-corrected chi connectivity index (χ0v) is 13.8. The lowest BCUT2D eigenvalue weighted by molar-refractivity contribution is -0.105. The van der Waals surface area contributed by atoms with Crippen molar-refractivity contribution in [2.75, 3.05) is 26.3 Å². The van der Waals surface area contributed by atoms with E-state index in [-0.39, 0.29) is 17.8 Å². The van der Waals surface area contributed by atoms with Crippen LogP contribution in [-0.4, -0.2) is 54.6 Å². The van der Waals surface area contributed by atoms with Gasteiger partial charge in [0, 0.05) is 13.2 Å². The molecule has 0 radical (unpaired) electrons. The van der Waals surface area contributed by atoms with Gasteiger partial charge in [-0.3, -0.25) is 0 Å². The summed E-state index contributed by atoms with van der Waals surface area (Å²) in [6, 6.07) is 0. The lowest BCUT2D eigenvalue weighted by Gasteiger charge is -2.41. The molecule has 5 nitrogen and oxygen atoms in total. The Morgan fingerprint density at radius 3 is 2.76 bits per heavy atom. The highest BCUT2D eigenvalue weighted by Gasteiger charge is 2.36.